The minimum absolute atomic E-state index is 0.238. The fourth-order valence-electron chi connectivity index (χ4n) is 4.11. The van der Waals surface area contributed by atoms with Crippen LogP contribution in [0.1, 0.15) is 41.6 Å². The smallest absolute Gasteiger partial charge is 0.255 e. The quantitative estimate of drug-likeness (QED) is 0.813. The minimum atomic E-state index is -3.46. The molecule has 0 atom stereocenters. The lowest BCUT2D eigenvalue weighted by molar-refractivity contribution is 0.102. The predicted octanol–water partition coefficient (Wildman–Crippen LogP) is 3.63. The number of amides is 1. The van der Waals surface area contributed by atoms with Crippen LogP contribution >= 0.6 is 0 Å². The summed E-state index contributed by atoms with van der Waals surface area (Å²) in [5.41, 5.74) is 3.53. The highest BCUT2D eigenvalue weighted by Gasteiger charge is 2.27. The van der Waals surface area contributed by atoms with Gasteiger partial charge in [0.05, 0.1) is 4.90 Å². The van der Waals surface area contributed by atoms with Crippen molar-refractivity contribution in [1.82, 2.24) is 4.31 Å². The first-order chi connectivity index (χ1) is 13.9. The molecule has 0 unspecified atom stereocenters. The molecule has 4 rings (SSSR count). The third-order valence-corrected chi connectivity index (χ3v) is 7.63. The summed E-state index contributed by atoms with van der Waals surface area (Å²) in [6.07, 6.45) is 4.24. The molecule has 1 amide bonds. The maximum atomic E-state index is 12.6. The van der Waals surface area contributed by atoms with E-state index in [0.717, 1.165) is 37.2 Å². The number of hydrogen-bond acceptors (Lipinski definition) is 4. The second-order valence-electron chi connectivity index (χ2n) is 7.79. The standard InChI is InChI=1S/C22H27N3O3S/c1-17-16-19(8-11-21(17)24-12-2-3-13-24)23-22(26)18-6-9-20(10-7-18)29(27,28)25-14-4-5-15-25/h6-11,16H,2-5,12-15H2,1H3,(H,23,26). The zero-order valence-electron chi connectivity index (χ0n) is 16.7. The Labute approximate surface area is 172 Å². The highest BCUT2D eigenvalue weighted by atomic mass is 32.2. The number of hydrogen-bond donors (Lipinski definition) is 1. The number of benzene rings is 2. The van der Waals surface area contributed by atoms with Crippen LogP contribution in [0.2, 0.25) is 0 Å². The van der Waals surface area contributed by atoms with Crippen LogP contribution in [0.25, 0.3) is 0 Å². The van der Waals surface area contributed by atoms with Crippen LogP contribution in [0.5, 0.6) is 0 Å². The Balaban J connectivity index is 1.45. The molecule has 2 fully saturated rings. The van der Waals surface area contributed by atoms with Crippen LogP contribution in [0.3, 0.4) is 0 Å². The molecule has 154 valence electrons. The van der Waals surface area contributed by atoms with Crippen LogP contribution in [0, 0.1) is 6.92 Å². The van der Waals surface area contributed by atoms with E-state index in [4.69, 9.17) is 0 Å². The fraction of sp³-hybridized carbons (Fsp3) is 0.409. The molecule has 0 radical (unpaired) electrons. The van der Waals surface area contributed by atoms with Crippen LogP contribution in [-0.4, -0.2) is 44.8 Å². The number of carbonyl (C=O) groups excluding carboxylic acids is 1. The molecule has 2 heterocycles. The normalized spacial score (nSPS) is 17.6. The fourth-order valence-corrected chi connectivity index (χ4v) is 5.62. The molecule has 2 aliphatic heterocycles. The van der Waals surface area contributed by atoms with Crippen molar-refractivity contribution in [2.24, 2.45) is 0 Å². The topological polar surface area (TPSA) is 69.7 Å². The first-order valence-electron chi connectivity index (χ1n) is 10.2. The summed E-state index contributed by atoms with van der Waals surface area (Å²) in [6, 6.07) is 12.1. The van der Waals surface area contributed by atoms with Gasteiger partial charge in [-0.25, -0.2) is 8.42 Å². The summed E-state index contributed by atoms with van der Waals surface area (Å²) < 4.78 is 26.7. The van der Waals surface area contributed by atoms with E-state index in [2.05, 4.69) is 23.2 Å². The Morgan fingerprint density at radius 2 is 1.52 bits per heavy atom. The summed E-state index contributed by atoms with van der Waals surface area (Å²) in [4.78, 5) is 15.2. The maximum Gasteiger partial charge on any atom is 0.255 e. The van der Waals surface area contributed by atoms with E-state index in [-0.39, 0.29) is 10.8 Å². The lowest BCUT2D eigenvalue weighted by atomic mass is 10.1. The average Bonchev–Trinajstić information content (AvgIpc) is 3.42. The zero-order valence-corrected chi connectivity index (χ0v) is 17.5. The van der Waals surface area contributed by atoms with Gasteiger partial charge in [-0.15, -0.1) is 0 Å². The molecule has 0 bridgehead atoms. The highest BCUT2D eigenvalue weighted by molar-refractivity contribution is 7.89. The summed E-state index contributed by atoms with van der Waals surface area (Å²) in [5, 5.41) is 2.91. The number of nitrogens with zero attached hydrogens (tertiary/aromatic N) is 2. The SMILES string of the molecule is Cc1cc(NC(=O)c2ccc(S(=O)(=O)N3CCCC3)cc2)ccc1N1CCCC1. The van der Waals surface area contributed by atoms with Gasteiger partial charge in [0.25, 0.3) is 5.91 Å². The number of sulfonamides is 1. The monoisotopic (exact) mass is 413 g/mol. The molecule has 29 heavy (non-hydrogen) atoms. The molecule has 7 heteroatoms. The number of carbonyl (C=O) groups is 1. The van der Waals surface area contributed by atoms with Gasteiger partial charge in [0, 0.05) is 43.1 Å². The Hall–Kier alpha value is -2.38. The van der Waals surface area contributed by atoms with Crippen LogP contribution in [-0.2, 0) is 10.0 Å². The highest BCUT2D eigenvalue weighted by Crippen LogP contribution is 2.27. The van der Waals surface area contributed by atoms with Crippen molar-refractivity contribution in [3.63, 3.8) is 0 Å². The van der Waals surface area contributed by atoms with Crippen molar-refractivity contribution in [1.29, 1.82) is 0 Å². The Kier molecular flexibility index (Phi) is 5.61. The molecule has 2 aromatic rings. The third-order valence-electron chi connectivity index (χ3n) is 5.72. The van der Waals surface area contributed by atoms with Crippen LogP contribution in [0.15, 0.2) is 47.4 Å². The Morgan fingerprint density at radius 3 is 2.14 bits per heavy atom. The van der Waals surface area contributed by atoms with Crippen molar-refractivity contribution in [3.05, 3.63) is 53.6 Å². The maximum absolute atomic E-state index is 12.6. The summed E-state index contributed by atoms with van der Waals surface area (Å²) in [6.45, 7) is 5.36. The van der Waals surface area contributed by atoms with Gasteiger partial charge < -0.3 is 10.2 Å². The lowest BCUT2D eigenvalue weighted by Crippen LogP contribution is -2.27. The molecular formula is C22H27N3O3S. The number of rotatable bonds is 5. The van der Waals surface area contributed by atoms with Crippen LogP contribution < -0.4 is 10.2 Å². The molecule has 0 aliphatic carbocycles. The number of aryl methyl sites for hydroxylation is 1. The summed E-state index contributed by atoms with van der Waals surface area (Å²) in [5.74, 6) is -0.247. The molecule has 0 spiro atoms. The minimum Gasteiger partial charge on any atom is -0.371 e. The molecular weight excluding hydrogens is 386 g/mol. The summed E-state index contributed by atoms with van der Waals surface area (Å²) >= 11 is 0. The second-order valence-corrected chi connectivity index (χ2v) is 9.72. The Morgan fingerprint density at radius 1 is 0.897 bits per heavy atom. The van der Waals surface area contributed by atoms with Gasteiger partial charge in [-0.1, -0.05) is 0 Å². The zero-order chi connectivity index (χ0) is 20.4. The molecule has 2 aliphatic rings. The number of nitrogens with one attached hydrogen (secondary N) is 1. The van der Waals surface area contributed by atoms with Crippen molar-refractivity contribution in [3.8, 4) is 0 Å². The van der Waals surface area contributed by atoms with Crippen molar-refractivity contribution >= 4 is 27.3 Å². The van der Waals surface area contributed by atoms with E-state index in [9.17, 15) is 13.2 Å². The average molecular weight is 414 g/mol. The van der Waals surface area contributed by atoms with Gasteiger partial charge in [0.15, 0.2) is 0 Å². The first kappa shape index (κ1) is 19.9. The van der Waals surface area contributed by atoms with E-state index in [1.165, 1.54) is 35.0 Å². The van der Waals surface area contributed by atoms with Gasteiger partial charge in [-0.2, -0.15) is 4.31 Å². The largest absolute Gasteiger partial charge is 0.371 e. The van der Waals surface area contributed by atoms with E-state index >= 15 is 0 Å². The number of anilines is 2. The van der Waals surface area contributed by atoms with Crippen LogP contribution in [0.4, 0.5) is 11.4 Å². The molecule has 2 saturated heterocycles. The Bertz CT molecular complexity index is 990. The van der Waals surface area contributed by atoms with E-state index in [1.807, 2.05) is 12.1 Å². The van der Waals surface area contributed by atoms with Gasteiger partial charge >= 0.3 is 0 Å². The van der Waals surface area contributed by atoms with E-state index in [0.29, 0.717) is 18.7 Å². The second kappa shape index (κ2) is 8.16. The first-order valence-corrected chi connectivity index (χ1v) is 11.7. The van der Waals surface area contributed by atoms with Gasteiger partial charge in [0.2, 0.25) is 10.0 Å². The van der Waals surface area contributed by atoms with Crippen molar-refractivity contribution in [2.75, 3.05) is 36.4 Å². The lowest BCUT2D eigenvalue weighted by Gasteiger charge is -2.20. The van der Waals surface area contributed by atoms with Gasteiger partial charge in [0.1, 0.15) is 0 Å². The van der Waals surface area contributed by atoms with Crippen molar-refractivity contribution < 1.29 is 13.2 Å². The molecule has 0 saturated carbocycles. The predicted molar refractivity (Wildman–Crippen MR) is 115 cm³/mol. The summed E-state index contributed by atoms with van der Waals surface area (Å²) in [7, 11) is -3.46. The molecule has 6 nitrogen and oxygen atoms in total. The van der Waals surface area contributed by atoms with E-state index in [1.54, 1.807) is 12.1 Å². The molecule has 2 aromatic carbocycles. The molecule has 0 aromatic heterocycles. The van der Waals surface area contributed by atoms with Crippen molar-refractivity contribution in [2.45, 2.75) is 37.5 Å². The van der Waals surface area contributed by atoms with E-state index < -0.39 is 10.0 Å². The molecule has 1 N–H and O–H groups in total. The van der Waals surface area contributed by atoms with Gasteiger partial charge in [-0.05, 0) is 80.6 Å². The van der Waals surface area contributed by atoms with Gasteiger partial charge in [-0.3, -0.25) is 4.79 Å². The third kappa shape index (κ3) is 4.16.